The Morgan fingerprint density at radius 3 is 1.89 bits per heavy atom. The van der Waals surface area contributed by atoms with E-state index in [4.69, 9.17) is 13.8 Å². The highest BCUT2D eigenvalue weighted by atomic mass is 32.3. The van der Waals surface area contributed by atoms with Crippen LogP contribution in [0.1, 0.15) is 33.4 Å². The van der Waals surface area contributed by atoms with Crippen LogP contribution in [-0.4, -0.2) is 42.2 Å². The van der Waals surface area contributed by atoms with Crippen molar-refractivity contribution >= 4 is 22.6 Å². The average molecular weight is 285 g/mol. The molecule has 1 fully saturated rings. The first-order valence-electron chi connectivity index (χ1n) is 6.46. The van der Waals surface area contributed by atoms with Gasteiger partial charge in [0.25, 0.3) is 0 Å². The Bertz CT molecular complexity index is 475. The number of rotatable bonds is 2. The Hall–Kier alpha value is -0.455. The summed E-state index contributed by atoms with van der Waals surface area (Å²) in [5.74, 6) is 0. The highest BCUT2D eigenvalue weighted by Gasteiger charge is 2.54. The maximum Gasteiger partial charge on any atom is 0.501 e. The van der Waals surface area contributed by atoms with Gasteiger partial charge in [-0.1, -0.05) is 5.16 Å². The lowest BCUT2D eigenvalue weighted by molar-refractivity contribution is 0.00578. The van der Waals surface area contributed by atoms with E-state index < -0.39 is 17.1 Å². The molecule has 0 radical (unpaired) electrons. The number of nitrogens with zero attached hydrogens (tertiary/aromatic N) is 1. The normalized spacial score (nSPS) is 22.8. The van der Waals surface area contributed by atoms with Crippen LogP contribution in [0.3, 0.4) is 0 Å². The fourth-order valence-electron chi connectivity index (χ4n) is 2.03. The van der Waals surface area contributed by atoms with Crippen molar-refractivity contribution in [2.75, 3.05) is 18.8 Å². The summed E-state index contributed by atoms with van der Waals surface area (Å²) in [5, 5.41) is 5.03. The van der Waals surface area contributed by atoms with Crippen LogP contribution in [0.2, 0.25) is 0 Å². The predicted octanol–water partition coefficient (Wildman–Crippen LogP) is 2.34. The van der Waals surface area contributed by atoms with Gasteiger partial charge in [-0.3, -0.25) is 0 Å². The predicted molar refractivity (Wildman–Crippen MR) is 80.6 cm³/mol. The van der Waals surface area contributed by atoms with Gasteiger partial charge in [-0.05, 0) is 53.4 Å². The van der Waals surface area contributed by atoms with E-state index in [1.54, 1.807) is 0 Å². The van der Waals surface area contributed by atoms with Gasteiger partial charge in [-0.15, -0.1) is 0 Å². The summed E-state index contributed by atoms with van der Waals surface area (Å²) in [6, 6.07) is 0. The van der Waals surface area contributed by atoms with Crippen LogP contribution in [0.15, 0.2) is 9.62 Å². The minimum atomic E-state index is -1.01. The van der Waals surface area contributed by atoms with Crippen LogP contribution in [0, 0.1) is 6.92 Å². The van der Waals surface area contributed by atoms with Crippen LogP contribution in [-0.2, 0) is 9.31 Å². The fraction of sp³-hybridized carbons (Fsp3) is 0.769. The first kappa shape index (κ1) is 14.9. The Labute approximate surface area is 117 Å². The van der Waals surface area contributed by atoms with Crippen LogP contribution in [0.4, 0.5) is 0 Å². The van der Waals surface area contributed by atoms with Gasteiger partial charge < -0.3 is 13.8 Å². The van der Waals surface area contributed by atoms with Crippen LogP contribution < -0.4 is 5.46 Å². The van der Waals surface area contributed by atoms with E-state index in [2.05, 4.69) is 51.6 Å². The topological polar surface area (TPSA) is 44.5 Å². The SMILES string of the molecule is Cc1noc(S(C)(C)C)c1B1OC(C)(C)C(C)(C)O1. The van der Waals surface area contributed by atoms with E-state index in [1.807, 2.05) is 6.92 Å². The summed E-state index contributed by atoms with van der Waals surface area (Å²) >= 11 is 0. The summed E-state index contributed by atoms with van der Waals surface area (Å²) in [6.07, 6.45) is 6.55. The first-order chi connectivity index (χ1) is 8.46. The van der Waals surface area contributed by atoms with E-state index in [0.717, 1.165) is 16.2 Å². The zero-order valence-electron chi connectivity index (χ0n) is 13.2. The molecule has 1 aliphatic heterocycles. The third-order valence-corrected chi connectivity index (χ3v) is 5.33. The Morgan fingerprint density at radius 1 is 1.00 bits per heavy atom. The maximum absolute atomic E-state index is 6.12. The molecule has 0 aliphatic carbocycles. The lowest BCUT2D eigenvalue weighted by atomic mass is 9.79. The molecule has 4 nitrogen and oxygen atoms in total. The van der Waals surface area contributed by atoms with Crippen molar-refractivity contribution in [3.05, 3.63) is 5.69 Å². The third kappa shape index (κ3) is 2.46. The van der Waals surface area contributed by atoms with Crippen LogP contribution >= 0.6 is 10.0 Å². The summed E-state index contributed by atoms with van der Waals surface area (Å²) in [6.45, 7) is 10.2. The van der Waals surface area contributed by atoms with Crippen LogP contribution in [0.5, 0.6) is 0 Å². The fourth-order valence-corrected chi connectivity index (χ4v) is 3.19. The molecule has 0 bridgehead atoms. The third-order valence-electron chi connectivity index (χ3n) is 3.92. The van der Waals surface area contributed by atoms with Crippen molar-refractivity contribution in [3.63, 3.8) is 0 Å². The summed E-state index contributed by atoms with van der Waals surface area (Å²) in [4.78, 5) is 0. The van der Waals surface area contributed by atoms with Crippen molar-refractivity contribution < 1.29 is 13.8 Å². The van der Waals surface area contributed by atoms with E-state index in [1.165, 1.54) is 0 Å². The molecule has 0 N–H and O–H groups in total. The second-order valence-electron chi connectivity index (χ2n) is 6.89. The van der Waals surface area contributed by atoms with Crippen molar-refractivity contribution in [1.29, 1.82) is 0 Å². The van der Waals surface area contributed by atoms with E-state index in [9.17, 15) is 0 Å². The number of hydrogen-bond donors (Lipinski definition) is 0. The Balaban J connectivity index is 2.43. The summed E-state index contributed by atoms with van der Waals surface area (Å²) in [7, 11) is -1.40. The molecule has 6 heteroatoms. The molecule has 19 heavy (non-hydrogen) atoms. The van der Waals surface area contributed by atoms with Crippen molar-refractivity contribution in [2.24, 2.45) is 0 Å². The molecule has 0 unspecified atom stereocenters. The minimum Gasteiger partial charge on any atom is -0.399 e. The molecule has 0 aromatic carbocycles. The minimum absolute atomic E-state index is 0.341. The van der Waals surface area contributed by atoms with Crippen molar-refractivity contribution in [1.82, 2.24) is 5.16 Å². The van der Waals surface area contributed by atoms with Gasteiger partial charge in [0.2, 0.25) is 0 Å². The Kier molecular flexibility index (Phi) is 3.36. The molecule has 0 atom stereocenters. The number of aryl methyl sites for hydroxylation is 1. The second-order valence-corrected chi connectivity index (χ2v) is 10.9. The molecule has 108 valence electrons. The lowest BCUT2D eigenvalue weighted by Crippen LogP contribution is -2.41. The molecular formula is C13H24BNO3S. The van der Waals surface area contributed by atoms with Gasteiger partial charge >= 0.3 is 7.12 Å². The quantitative estimate of drug-likeness (QED) is 0.782. The molecule has 2 rings (SSSR count). The van der Waals surface area contributed by atoms with Gasteiger partial charge in [0, 0.05) is 0 Å². The Morgan fingerprint density at radius 2 is 1.47 bits per heavy atom. The van der Waals surface area contributed by atoms with Gasteiger partial charge in [0.1, 0.15) is 0 Å². The molecule has 0 spiro atoms. The van der Waals surface area contributed by atoms with Gasteiger partial charge in [0.15, 0.2) is 5.09 Å². The zero-order chi connectivity index (χ0) is 14.6. The number of hydrogen-bond acceptors (Lipinski definition) is 4. The summed E-state index contributed by atoms with van der Waals surface area (Å²) in [5.41, 5.74) is 1.15. The molecule has 0 amide bonds. The largest absolute Gasteiger partial charge is 0.501 e. The standard InChI is InChI=1S/C13H24BNO3S/c1-9-10(11(16-15-9)19(6,7)8)14-17-12(2,3)13(4,5)18-14/h1-8H3. The van der Waals surface area contributed by atoms with E-state index in [0.29, 0.717) is 0 Å². The molecule has 1 aliphatic rings. The van der Waals surface area contributed by atoms with Gasteiger partial charge in [-0.25, -0.2) is 0 Å². The summed E-state index contributed by atoms with van der Waals surface area (Å²) < 4.78 is 17.8. The van der Waals surface area contributed by atoms with E-state index >= 15 is 0 Å². The highest BCUT2D eigenvalue weighted by molar-refractivity contribution is 8.32. The van der Waals surface area contributed by atoms with Crippen LogP contribution in [0.25, 0.3) is 0 Å². The van der Waals surface area contributed by atoms with E-state index in [-0.39, 0.29) is 11.2 Å². The average Bonchev–Trinajstić information content (AvgIpc) is 2.65. The van der Waals surface area contributed by atoms with Crippen molar-refractivity contribution in [3.8, 4) is 0 Å². The second kappa shape index (κ2) is 4.27. The first-order valence-corrected chi connectivity index (χ1v) is 9.32. The molecule has 1 aromatic rings. The lowest BCUT2D eigenvalue weighted by Gasteiger charge is -2.32. The highest BCUT2D eigenvalue weighted by Crippen LogP contribution is 2.46. The molecule has 2 heterocycles. The maximum atomic E-state index is 6.12. The molecular weight excluding hydrogens is 261 g/mol. The van der Waals surface area contributed by atoms with Gasteiger partial charge in [0.05, 0.1) is 22.4 Å². The molecule has 1 saturated heterocycles. The monoisotopic (exact) mass is 285 g/mol. The van der Waals surface area contributed by atoms with Gasteiger partial charge in [-0.2, -0.15) is 10.0 Å². The number of aromatic nitrogens is 1. The molecule has 0 saturated carbocycles. The molecule has 1 aromatic heterocycles. The zero-order valence-corrected chi connectivity index (χ0v) is 14.0. The van der Waals surface area contributed by atoms with Crippen molar-refractivity contribution in [2.45, 2.75) is 50.9 Å². The smallest absolute Gasteiger partial charge is 0.399 e.